The highest BCUT2D eigenvalue weighted by molar-refractivity contribution is 7.99. The summed E-state index contributed by atoms with van der Waals surface area (Å²) in [6.45, 7) is 2.06. The molecule has 0 bridgehead atoms. The van der Waals surface area contributed by atoms with Gasteiger partial charge in [0.05, 0.1) is 17.7 Å². The summed E-state index contributed by atoms with van der Waals surface area (Å²) in [5, 5.41) is 13.3. The number of anilines is 1. The van der Waals surface area contributed by atoms with Crippen LogP contribution in [0.25, 0.3) is 0 Å². The SMILES string of the molecule is CCSc1ccc(Cl)cc1NC(=O)C1CCCC1O. The molecule has 2 unspecified atom stereocenters. The van der Waals surface area contributed by atoms with Crippen molar-refractivity contribution in [2.75, 3.05) is 11.1 Å². The van der Waals surface area contributed by atoms with Gasteiger partial charge < -0.3 is 10.4 Å². The van der Waals surface area contributed by atoms with Gasteiger partial charge in [0.15, 0.2) is 0 Å². The Morgan fingerprint density at radius 2 is 2.32 bits per heavy atom. The lowest BCUT2D eigenvalue weighted by molar-refractivity contribution is -0.122. The van der Waals surface area contributed by atoms with E-state index in [1.165, 1.54) is 0 Å². The average Bonchev–Trinajstić information content (AvgIpc) is 2.79. The van der Waals surface area contributed by atoms with Crippen molar-refractivity contribution in [2.45, 2.75) is 37.2 Å². The zero-order valence-electron chi connectivity index (χ0n) is 10.9. The van der Waals surface area contributed by atoms with E-state index in [9.17, 15) is 9.90 Å². The minimum atomic E-state index is -0.513. The van der Waals surface area contributed by atoms with Gasteiger partial charge in [-0.15, -0.1) is 11.8 Å². The molecule has 0 heterocycles. The van der Waals surface area contributed by atoms with E-state index in [4.69, 9.17) is 11.6 Å². The maximum Gasteiger partial charge on any atom is 0.230 e. The number of nitrogens with one attached hydrogen (secondary N) is 1. The summed E-state index contributed by atoms with van der Waals surface area (Å²) in [6.07, 6.45) is 1.86. The van der Waals surface area contributed by atoms with Crippen molar-refractivity contribution >= 4 is 35.0 Å². The first kappa shape index (κ1) is 14.7. The molecule has 2 N–H and O–H groups in total. The third kappa shape index (κ3) is 3.65. The molecule has 1 amide bonds. The van der Waals surface area contributed by atoms with Crippen LogP contribution in [0.3, 0.4) is 0 Å². The number of carbonyl (C=O) groups excluding carboxylic acids is 1. The van der Waals surface area contributed by atoms with Gasteiger partial charge in [0.1, 0.15) is 0 Å². The highest BCUT2D eigenvalue weighted by Crippen LogP contribution is 2.32. The largest absolute Gasteiger partial charge is 0.392 e. The van der Waals surface area contributed by atoms with E-state index in [-0.39, 0.29) is 11.8 Å². The van der Waals surface area contributed by atoms with Crippen LogP contribution in [0.4, 0.5) is 5.69 Å². The highest BCUT2D eigenvalue weighted by atomic mass is 35.5. The molecule has 1 saturated carbocycles. The molecule has 0 aliphatic heterocycles. The molecule has 1 aliphatic carbocycles. The Hall–Kier alpha value is -0.710. The van der Waals surface area contributed by atoms with Gasteiger partial charge in [-0.1, -0.05) is 18.5 Å². The third-order valence-electron chi connectivity index (χ3n) is 3.32. The molecule has 1 aliphatic rings. The minimum absolute atomic E-state index is 0.106. The maximum absolute atomic E-state index is 12.2. The van der Waals surface area contributed by atoms with E-state index in [1.54, 1.807) is 17.8 Å². The number of amides is 1. The van der Waals surface area contributed by atoms with Crippen LogP contribution >= 0.6 is 23.4 Å². The molecule has 2 rings (SSSR count). The Morgan fingerprint density at radius 3 is 2.95 bits per heavy atom. The molecule has 0 aromatic heterocycles. The van der Waals surface area contributed by atoms with E-state index in [1.807, 2.05) is 12.1 Å². The predicted octanol–water partition coefficient (Wildman–Crippen LogP) is 3.55. The lowest BCUT2D eigenvalue weighted by Crippen LogP contribution is -2.28. The first-order chi connectivity index (χ1) is 9.11. The van der Waals surface area contributed by atoms with Gasteiger partial charge in [0.25, 0.3) is 0 Å². The molecule has 0 spiro atoms. The van der Waals surface area contributed by atoms with Crippen molar-refractivity contribution < 1.29 is 9.90 Å². The highest BCUT2D eigenvalue weighted by Gasteiger charge is 2.31. The average molecular weight is 300 g/mol. The monoisotopic (exact) mass is 299 g/mol. The van der Waals surface area contributed by atoms with Crippen LogP contribution in [0.5, 0.6) is 0 Å². The first-order valence-electron chi connectivity index (χ1n) is 6.53. The van der Waals surface area contributed by atoms with Crippen LogP contribution in [0.2, 0.25) is 5.02 Å². The molecule has 5 heteroatoms. The minimum Gasteiger partial charge on any atom is -0.392 e. The van der Waals surface area contributed by atoms with Crippen LogP contribution in [0, 0.1) is 5.92 Å². The molecule has 1 aromatic rings. The van der Waals surface area contributed by atoms with E-state index in [0.717, 1.165) is 29.2 Å². The number of rotatable bonds is 4. The summed E-state index contributed by atoms with van der Waals surface area (Å²) >= 11 is 7.64. The van der Waals surface area contributed by atoms with Crippen LogP contribution in [0.15, 0.2) is 23.1 Å². The smallest absolute Gasteiger partial charge is 0.230 e. The Bertz CT molecular complexity index is 467. The van der Waals surface area contributed by atoms with Crippen molar-refractivity contribution in [1.82, 2.24) is 0 Å². The van der Waals surface area contributed by atoms with Gasteiger partial charge in [-0.3, -0.25) is 4.79 Å². The van der Waals surface area contributed by atoms with Crippen LogP contribution in [0.1, 0.15) is 26.2 Å². The second-order valence-corrected chi connectivity index (χ2v) is 6.41. The van der Waals surface area contributed by atoms with Gasteiger partial charge in [-0.2, -0.15) is 0 Å². The molecule has 19 heavy (non-hydrogen) atoms. The standard InChI is InChI=1S/C14H18ClNO2S/c1-2-19-13-7-6-9(15)8-11(13)16-14(18)10-4-3-5-12(10)17/h6-8,10,12,17H,2-5H2,1H3,(H,16,18). The van der Waals surface area contributed by atoms with Crippen molar-refractivity contribution in [3.05, 3.63) is 23.2 Å². The third-order valence-corrected chi connectivity index (χ3v) is 4.51. The van der Waals surface area contributed by atoms with Gasteiger partial charge in [0, 0.05) is 9.92 Å². The molecule has 0 radical (unpaired) electrons. The fourth-order valence-corrected chi connectivity index (χ4v) is 3.27. The van der Waals surface area contributed by atoms with Crippen LogP contribution in [-0.2, 0) is 4.79 Å². The number of halogens is 1. The second-order valence-electron chi connectivity index (χ2n) is 4.67. The van der Waals surface area contributed by atoms with Gasteiger partial charge in [-0.05, 0) is 43.2 Å². The molecule has 2 atom stereocenters. The van der Waals surface area contributed by atoms with E-state index in [2.05, 4.69) is 12.2 Å². The topological polar surface area (TPSA) is 49.3 Å². The fraction of sp³-hybridized carbons (Fsp3) is 0.500. The summed E-state index contributed by atoms with van der Waals surface area (Å²) in [5.41, 5.74) is 0.739. The molecule has 1 fully saturated rings. The van der Waals surface area contributed by atoms with Crippen molar-refractivity contribution in [3.63, 3.8) is 0 Å². The number of hydrogen-bond acceptors (Lipinski definition) is 3. The lowest BCUT2D eigenvalue weighted by Gasteiger charge is -2.16. The Kier molecular flexibility index (Phi) is 5.13. The molecule has 3 nitrogen and oxygen atoms in total. The zero-order valence-corrected chi connectivity index (χ0v) is 12.4. The molecule has 104 valence electrons. The summed E-state index contributed by atoms with van der Waals surface area (Å²) in [6, 6.07) is 5.50. The Balaban J connectivity index is 2.13. The first-order valence-corrected chi connectivity index (χ1v) is 7.89. The molecular formula is C14H18ClNO2S. The predicted molar refractivity (Wildman–Crippen MR) is 79.8 cm³/mol. The molecule has 1 aromatic carbocycles. The number of aliphatic hydroxyl groups excluding tert-OH is 1. The number of carbonyl (C=O) groups is 1. The van der Waals surface area contributed by atoms with E-state index >= 15 is 0 Å². The normalized spacial score (nSPS) is 22.5. The fourth-order valence-electron chi connectivity index (χ4n) is 2.35. The molecular weight excluding hydrogens is 282 g/mol. The summed E-state index contributed by atoms with van der Waals surface area (Å²) in [4.78, 5) is 13.2. The van der Waals surface area contributed by atoms with Crippen molar-refractivity contribution in [2.24, 2.45) is 5.92 Å². The van der Waals surface area contributed by atoms with Gasteiger partial charge >= 0.3 is 0 Å². The van der Waals surface area contributed by atoms with Crippen LogP contribution < -0.4 is 5.32 Å². The lowest BCUT2D eigenvalue weighted by atomic mass is 10.1. The van der Waals surface area contributed by atoms with Crippen molar-refractivity contribution in [3.8, 4) is 0 Å². The summed E-state index contributed by atoms with van der Waals surface area (Å²) in [5.74, 6) is 0.528. The Labute approximate surface area is 122 Å². The molecule has 0 saturated heterocycles. The Morgan fingerprint density at radius 1 is 1.53 bits per heavy atom. The van der Waals surface area contributed by atoms with Crippen LogP contribution in [-0.4, -0.2) is 22.9 Å². The maximum atomic E-state index is 12.2. The number of benzene rings is 1. The summed E-state index contributed by atoms with van der Waals surface area (Å²) in [7, 11) is 0. The van der Waals surface area contributed by atoms with Gasteiger partial charge in [0.2, 0.25) is 5.91 Å². The zero-order chi connectivity index (χ0) is 13.8. The number of aliphatic hydroxyl groups is 1. The second kappa shape index (κ2) is 6.64. The van der Waals surface area contributed by atoms with Crippen molar-refractivity contribution in [1.29, 1.82) is 0 Å². The summed E-state index contributed by atoms with van der Waals surface area (Å²) < 4.78 is 0. The van der Waals surface area contributed by atoms with E-state index in [0.29, 0.717) is 11.4 Å². The number of thioether (sulfide) groups is 1. The van der Waals surface area contributed by atoms with Gasteiger partial charge in [-0.25, -0.2) is 0 Å². The van der Waals surface area contributed by atoms with E-state index < -0.39 is 6.10 Å². The number of hydrogen-bond donors (Lipinski definition) is 2. The quantitative estimate of drug-likeness (QED) is 0.836.